The summed E-state index contributed by atoms with van der Waals surface area (Å²) in [5, 5.41) is 6.82. The highest BCUT2D eigenvalue weighted by Crippen LogP contribution is 2.28. The van der Waals surface area contributed by atoms with Crippen LogP contribution in [-0.2, 0) is 4.74 Å². The van der Waals surface area contributed by atoms with Gasteiger partial charge in [-0.1, -0.05) is 0 Å². The van der Waals surface area contributed by atoms with Crippen molar-refractivity contribution in [3.63, 3.8) is 0 Å². The van der Waals surface area contributed by atoms with Gasteiger partial charge in [0.2, 0.25) is 0 Å². The number of nitrogens with zero attached hydrogens (tertiary/aromatic N) is 3. The number of benzene rings is 1. The van der Waals surface area contributed by atoms with Gasteiger partial charge in [-0.05, 0) is 49.7 Å². The van der Waals surface area contributed by atoms with Crippen molar-refractivity contribution in [1.82, 2.24) is 20.3 Å². The second-order valence-electron chi connectivity index (χ2n) is 7.39. The minimum atomic E-state index is -0.558. The normalized spacial score (nSPS) is 16.2. The molecule has 162 valence electrons. The van der Waals surface area contributed by atoms with Crippen LogP contribution < -0.4 is 21.1 Å². The summed E-state index contributed by atoms with van der Waals surface area (Å²) in [6.07, 6.45) is 3.55. The Kier molecular flexibility index (Phi) is 6.54. The Hall–Kier alpha value is -3.30. The number of pyridine rings is 1. The zero-order valence-electron chi connectivity index (χ0n) is 17.4. The molecule has 0 radical (unpaired) electrons. The van der Waals surface area contributed by atoms with Crippen LogP contribution in [-0.4, -0.2) is 60.3 Å². The molecule has 1 atom stereocenters. The standard InChI is InChI=1S/C22H26N6O3/c1-30-9-10-31-16-6-4-14(5-7-16)18-11-17(21(23)29)19-20(28-18)22(26-13-25-19)27-15-3-2-8-24-12-15/h4-7,11,13,15,24H,2-3,8-10,12H2,1H3,(H2,23,29)(H,25,26,27)/t15-/m0/s1. The van der Waals surface area contributed by atoms with Crippen molar-refractivity contribution in [2.24, 2.45) is 5.73 Å². The van der Waals surface area contributed by atoms with Crippen molar-refractivity contribution in [3.8, 4) is 17.0 Å². The number of methoxy groups -OCH3 is 1. The van der Waals surface area contributed by atoms with Crippen molar-refractivity contribution in [2.45, 2.75) is 18.9 Å². The fourth-order valence-corrected chi connectivity index (χ4v) is 3.61. The van der Waals surface area contributed by atoms with Gasteiger partial charge in [0.15, 0.2) is 5.82 Å². The number of rotatable bonds is 8. The number of nitrogens with one attached hydrogen (secondary N) is 2. The first-order valence-electron chi connectivity index (χ1n) is 10.3. The Morgan fingerprint density at radius 2 is 2.06 bits per heavy atom. The molecule has 0 unspecified atom stereocenters. The molecule has 3 heterocycles. The molecule has 1 saturated heterocycles. The van der Waals surface area contributed by atoms with E-state index in [4.69, 9.17) is 20.2 Å². The average Bonchev–Trinajstić information content (AvgIpc) is 2.80. The summed E-state index contributed by atoms with van der Waals surface area (Å²) in [6.45, 7) is 2.85. The minimum Gasteiger partial charge on any atom is -0.491 e. The first kappa shape index (κ1) is 21.0. The minimum absolute atomic E-state index is 0.234. The third-order valence-corrected chi connectivity index (χ3v) is 5.20. The molecule has 1 aromatic carbocycles. The van der Waals surface area contributed by atoms with Gasteiger partial charge in [-0.2, -0.15) is 0 Å². The van der Waals surface area contributed by atoms with E-state index in [0.717, 1.165) is 37.2 Å². The molecule has 9 nitrogen and oxygen atoms in total. The first-order chi connectivity index (χ1) is 15.2. The van der Waals surface area contributed by atoms with E-state index in [1.165, 1.54) is 6.33 Å². The highest BCUT2D eigenvalue weighted by atomic mass is 16.5. The number of amides is 1. The molecular formula is C22H26N6O3. The maximum atomic E-state index is 12.2. The van der Waals surface area contributed by atoms with Gasteiger partial charge in [-0.15, -0.1) is 0 Å². The van der Waals surface area contributed by atoms with Crippen LogP contribution in [0.4, 0.5) is 5.82 Å². The SMILES string of the molecule is COCCOc1ccc(-c2cc(C(N)=O)c3ncnc(N[C@H]4CCCNC4)c3n2)cc1. The van der Waals surface area contributed by atoms with Gasteiger partial charge in [-0.25, -0.2) is 15.0 Å². The summed E-state index contributed by atoms with van der Waals surface area (Å²) >= 11 is 0. The quantitative estimate of drug-likeness (QED) is 0.471. The van der Waals surface area contributed by atoms with Gasteiger partial charge in [-0.3, -0.25) is 4.79 Å². The van der Waals surface area contributed by atoms with E-state index >= 15 is 0 Å². The Labute approximate surface area is 180 Å². The Morgan fingerprint density at radius 1 is 1.23 bits per heavy atom. The van der Waals surface area contributed by atoms with Gasteiger partial charge in [0.05, 0.1) is 17.9 Å². The van der Waals surface area contributed by atoms with Crippen molar-refractivity contribution < 1.29 is 14.3 Å². The van der Waals surface area contributed by atoms with E-state index in [9.17, 15) is 4.79 Å². The molecule has 3 aromatic rings. The monoisotopic (exact) mass is 422 g/mol. The number of hydrogen-bond acceptors (Lipinski definition) is 8. The number of nitrogens with two attached hydrogens (primary N) is 1. The van der Waals surface area contributed by atoms with Crippen LogP contribution >= 0.6 is 0 Å². The van der Waals surface area contributed by atoms with Crippen molar-refractivity contribution in [1.29, 1.82) is 0 Å². The first-order valence-corrected chi connectivity index (χ1v) is 10.3. The van der Waals surface area contributed by atoms with Crippen molar-refractivity contribution in [2.75, 3.05) is 38.7 Å². The lowest BCUT2D eigenvalue weighted by Gasteiger charge is -2.24. The number of piperidine rings is 1. The van der Waals surface area contributed by atoms with Crippen LogP contribution in [0.25, 0.3) is 22.3 Å². The maximum Gasteiger partial charge on any atom is 0.251 e. The molecule has 1 aliphatic rings. The molecule has 0 spiro atoms. The third kappa shape index (κ3) is 4.89. The van der Waals surface area contributed by atoms with E-state index in [1.54, 1.807) is 13.2 Å². The molecule has 0 saturated carbocycles. The summed E-state index contributed by atoms with van der Waals surface area (Å²) in [5.74, 6) is 0.770. The van der Waals surface area contributed by atoms with E-state index in [1.807, 2.05) is 24.3 Å². The smallest absolute Gasteiger partial charge is 0.251 e. The molecule has 1 amide bonds. The number of carbonyl (C=O) groups excluding carboxylic acids is 1. The van der Waals surface area contributed by atoms with Crippen LogP contribution in [0.1, 0.15) is 23.2 Å². The number of hydrogen-bond donors (Lipinski definition) is 3. The summed E-state index contributed by atoms with van der Waals surface area (Å²) < 4.78 is 10.6. The van der Waals surface area contributed by atoms with Crippen LogP contribution in [0.2, 0.25) is 0 Å². The van der Waals surface area contributed by atoms with Gasteiger partial charge in [0, 0.05) is 25.3 Å². The van der Waals surface area contributed by atoms with E-state index in [0.29, 0.717) is 41.3 Å². The van der Waals surface area contributed by atoms with E-state index in [2.05, 4.69) is 20.6 Å². The number of anilines is 1. The average molecular weight is 422 g/mol. The number of fused-ring (bicyclic) bond motifs is 1. The van der Waals surface area contributed by atoms with Crippen LogP contribution in [0.15, 0.2) is 36.7 Å². The van der Waals surface area contributed by atoms with Crippen LogP contribution in [0.3, 0.4) is 0 Å². The summed E-state index contributed by atoms with van der Waals surface area (Å²) in [7, 11) is 1.63. The third-order valence-electron chi connectivity index (χ3n) is 5.20. The van der Waals surface area contributed by atoms with Crippen LogP contribution in [0, 0.1) is 0 Å². The topological polar surface area (TPSA) is 124 Å². The molecule has 2 aromatic heterocycles. The Bertz CT molecular complexity index is 1050. The predicted octanol–water partition coefficient (Wildman–Crippen LogP) is 1.98. The lowest BCUT2D eigenvalue weighted by Crippen LogP contribution is -2.38. The molecular weight excluding hydrogens is 396 g/mol. The Balaban J connectivity index is 1.70. The summed E-state index contributed by atoms with van der Waals surface area (Å²) in [6, 6.07) is 9.40. The largest absolute Gasteiger partial charge is 0.491 e. The second kappa shape index (κ2) is 9.67. The van der Waals surface area contributed by atoms with Gasteiger partial charge >= 0.3 is 0 Å². The molecule has 1 aliphatic heterocycles. The highest BCUT2D eigenvalue weighted by Gasteiger charge is 2.19. The molecule has 31 heavy (non-hydrogen) atoms. The highest BCUT2D eigenvalue weighted by molar-refractivity contribution is 6.06. The molecule has 0 bridgehead atoms. The maximum absolute atomic E-state index is 12.2. The number of carbonyl (C=O) groups is 1. The number of primary amides is 1. The lowest BCUT2D eigenvalue weighted by atomic mass is 10.1. The van der Waals surface area contributed by atoms with E-state index < -0.39 is 5.91 Å². The van der Waals surface area contributed by atoms with Gasteiger partial charge < -0.3 is 25.8 Å². The lowest BCUT2D eigenvalue weighted by molar-refractivity contribution is 0.100. The fourth-order valence-electron chi connectivity index (χ4n) is 3.61. The second-order valence-corrected chi connectivity index (χ2v) is 7.39. The summed E-state index contributed by atoms with van der Waals surface area (Å²) in [4.78, 5) is 25.6. The number of aromatic nitrogens is 3. The fraction of sp³-hybridized carbons (Fsp3) is 0.364. The zero-order valence-corrected chi connectivity index (χ0v) is 17.4. The summed E-state index contributed by atoms with van der Waals surface area (Å²) in [5.41, 5.74) is 8.39. The van der Waals surface area contributed by atoms with Crippen molar-refractivity contribution >= 4 is 22.8 Å². The molecule has 1 fully saturated rings. The molecule has 4 N–H and O–H groups in total. The predicted molar refractivity (Wildman–Crippen MR) is 118 cm³/mol. The van der Waals surface area contributed by atoms with Crippen LogP contribution in [0.5, 0.6) is 5.75 Å². The molecule has 0 aliphatic carbocycles. The Morgan fingerprint density at radius 3 is 2.77 bits per heavy atom. The van der Waals surface area contributed by atoms with Crippen molar-refractivity contribution in [3.05, 3.63) is 42.2 Å². The van der Waals surface area contributed by atoms with Gasteiger partial charge in [0.1, 0.15) is 29.7 Å². The molecule has 4 rings (SSSR count). The number of ether oxygens (including phenoxy) is 2. The van der Waals surface area contributed by atoms with E-state index in [-0.39, 0.29) is 6.04 Å². The zero-order chi connectivity index (χ0) is 21.6. The molecule has 9 heteroatoms. The van der Waals surface area contributed by atoms with Gasteiger partial charge in [0.25, 0.3) is 5.91 Å².